The van der Waals surface area contributed by atoms with Crippen molar-refractivity contribution in [2.45, 2.75) is 32.5 Å². The van der Waals surface area contributed by atoms with E-state index in [1.54, 1.807) is 24.5 Å². The number of rotatable bonds is 5. The molecule has 0 aromatic carbocycles. The van der Waals surface area contributed by atoms with E-state index in [9.17, 15) is 4.79 Å². The summed E-state index contributed by atoms with van der Waals surface area (Å²) in [7, 11) is 0. The summed E-state index contributed by atoms with van der Waals surface area (Å²) in [5, 5.41) is 8.40. The number of carbonyl (C=O) groups excluding carboxylic acids is 1. The predicted molar refractivity (Wildman–Crippen MR) is 81.4 cm³/mol. The molecule has 7 heteroatoms. The summed E-state index contributed by atoms with van der Waals surface area (Å²) in [5.41, 5.74) is 2.49. The first-order valence-electron chi connectivity index (χ1n) is 7.99. The fourth-order valence-electron chi connectivity index (χ4n) is 2.77. The lowest BCUT2D eigenvalue weighted by Gasteiger charge is -2.27. The van der Waals surface area contributed by atoms with Crippen molar-refractivity contribution in [3.63, 3.8) is 0 Å². The number of nitrogens with zero attached hydrogens (tertiary/aromatic N) is 5. The molecular weight excluding hydrogens is 294 g/mol. The Morgan fingerprint density at radius 1 is 1.26 bits per heavy atom. The minimum atomic E-state index is 0.0182. The zero-order chi connectivity index (χ0) is 15.6. The maximum absolute atomic E-state index is 12.6. The van der Waals surface area contributed by atoms with Gasteiger partial charge >= 0.3 is 0 Å². The van der Waals surface area contributed by atoms with Gasteiger partial charge in [-0.2, -0.15) is 0 Å². The molecule has 1 fully saturated rings. The standard InChI is InChI=1S/C16H19N5O2/c22-16(13-3-5-17-6-4-13)20-7-8-21-15(9-20)14(18-19-21)11-23-10-12-1-2-12/h3-6,12H,1-2,7-11H2. The molecule has 0 spiro atoms. The quantitative estimate of drug-likeness (QED) is 0.831. The van der Waals surface area contributed by atoms with Crippen molar-refractivity contribution >= 4 is 5.91 Å². The molecule has 1 amide bonds. The van der Waals surface area contributed by atoms with Crippen molar-refractivity contribution < 1.29 is 9.53 Å². The Hall–Kier alpha value is -2.28. The first kappa shape index (κ1) is 14.3. The molecule has 1 saturated carbocycles. The Balaban J connectivity index is 1.45. The van der Waals surface area contributed by atoms with Gasteiger partial charge in [0.15, 0.2) is 0 Å². The molecule has 2 aromatic heterocycles. The van der Waals surface area contributed by atoms with Crippen molar-refractivity contribution in [1.29, 1.82) is 0 Å². The van der Waals surface area contributed by atoms with Gasteiger partial charge in [0.25, 0.3) is 5.91 Å². The molecule has 23 heavy (non-hydrogen) atoms. The molecule has 1 aliphatic heterocycles. The van der Waals surface area contributed by atoms with Crippen LogP contribution in [0, 0.1) is 5.92 Å². The Morgan fingerprint density at radius 3 is 2.87 bits per heavy atom. The second kappa shape index (κ2) is 6.08. The van der Waals surface area contributed by atoms with Gasteiger partial charge in [0.2, 0.25) is 0 Å². The molecule has 2 aliphatic rings. The molecule has 0 bridgehead atoms. The second-order valence-corrected chi connectivity index (χ2v) is 6.13. The van der Waals surface area contributed by atoms with Crippen molar-refractivity contribution in [2.75, 3.05) is 13.2 Å². The van der Waals surface area contributed by atoms with Crippen LogP contribution in [0.4, 0.5) is 0 Å². The molecule has 0 N–H and O–H groups in total. The van der Waals surface area contributed by atoms with Crippen LogP contribution < -0.4 is 0 Å². The zero-order valence-electron chi connectivity index (χ0n) is 12.9. The van der Waals surface area contributed by atoms with Gasteiger partial charge in [-0.1, -0.05) is 5.21 Å². The van der Waals surface area contributed by atoms with E-state index in [0.717, 1.165) is 23.9 Å². The van der Waals surface area contributed by atoms with Gasteiger partial charge in [0.05, 0.1) is 25.4 Å². The van der Waals surface area contributed by atoms with E-state index in [-0.39, 0.29) is 5.91 Å². The van der Waals surface area contributed by atoms with E-state index >= 15 is 0 Å². The van der Waals surface area contributed by atoms with Crippen LogP contribution in [0.2, 0.25) is 0 Å². The minimum absolute atomic E-state index is 0.0182. The zero-order valence-corrected chi connectivity index (χ0v) is 12.9. The van der Waals surface area contributed by atoms with Gasteiger partial charge in [0.1, 0.15) is 5.69 Å². The van der Waals surface area contributed by atoms with Gasteiger partial charge in [-0.15, -0.1) is 5.10 Å². The molecular formula is C16H19N5O2. The van der Waals surface area contributed by atoms with E-state index in [1.165, 1.54) is 12.8 Å². The lowest BCUT2D eigenvalue weighted by molar-refractivity contribution is 0.0699. The lowest BCUT2D eigenvalue weighted by atomic mass is 10.2. The fraction of sp³-hybridized carbons (Fsp3) is 0.500. The van der Waals surface area contributed by atoms with Crippen molar-refractivity contribution in [3.05, 3.63) is 41.5 Å². The molecule has 0 saturated heterocycles. The van der Waals surface area contributed by atoms with Crippen molar-refractivity contribution in [1.82, 2.24) is 24.9 Å². The Kier molecular flexibility index (Phi) is 3.78. The normalized spacial score (nSPS) is 17.1. The third kappa shape index (κ3) is 3.10. The summed E-state index contributed by atoms with van der Waals surface area (Å²) in [5.74, 6) is 0.746. The number of carbonyl (C=O) groups is 1. The number of hydrogen-bond donors (Lipinski definition) is 0. The Labute approximate surface area is 134 Å². The van der Waals surface area contributed by atoms with Crippen molar-refractivity contribution in [2.24, 2.45) is 5.92 Å². The first-order valence-corrected chi connectivity index (χ1v) is 7.99. The summed E-state index contributed by atoms with van der Waals surface area (Å²) in [6.07, 6.45) is 5.82. The summed E-state index contributed by atoms with van der Waals surface area (Å²) in [6, 6.07) is 3.48. The highest BCUT2D eigenvalue weighted by Gasteiger charge is 2.26. The monoisotopic (exact) mass is 313 g/mol. The third-order valence-electron chi connectivity index (χ3n) is 4.34. The number of hydrogen-bond acceptors (Lipinski definition) is 5. The first-order chi connectivity index (χ1) is 11.3. The van der Waals surface area contributed by atoms with Crippen LogP contribution in [0.1, 0.15) is 34.6 Å². The summed E-state index contributed by atoms with van der Waals surface area (Å²) in [6.45, 7) is 3.10. The van der Waals surface area contributed by atoms with Crippen LogP contribution in [-0.4, -0.2) is 43.9 Å². The van der Waals surface area contributed by atoms with Gasteiger partial charge in [-0.25, -0.2) is 4.68 Å². The van der Waals surface area contributed by atoms with E-state index in [0.29, 0.717) is 31.8 Å². The van der Waals surface area contributed by atoms with E-state index in [4.69, 9.17) is 4.74 Å². The number of aromatic nitrogens is 4. The van der Waals surface area contributed by atoms with Crippen molar-refractivity contribution in [3.8, 4) is 0 Å². The highest BCUT2D eigenvalue weighted by molar-refractivity contribution is 5.94. The molecule has 1 aliphatic carbocycles. The molecule has 0 radical (unpaired) electrons. The topological polar surface area (TPSA) is 73.1 Å². The summed E-state index contributed by atoms with van der Waals surface area (Å²) >= 11 is 0. The van der Waals surface area contributed by atoms with Gasteiger partial charge in [-0.05, 0) is 30.9 Å². The van der Waals surface area contributed by atoms with Crippen LogP contribution in [-0.2, 0) is 24.4 Å². The minimum Gasteiger partial charge on any atom is -0.375 e. The number of amides is 1. The van der Waals surface area contributed by atoms with Crippen LogP contribution in [0.3, 0.4) is 0 Å². The molecule has 3 heterocycles. The highest BCUT2D eigenvalue weighted by atomic mass is 16.5. The molecule has 0 atom stereocenters. The maximum atomic E-state index is 12.6. The number of pyridine rings is 1. The lowest BCUT2D eigenvalue weighted by Crippen LogP contribution is -2.38. The van der Waals surface area contributed by atoms with Crippen LogP contribution in [0.15, 0.2) is 24.5 Å². The fourth-order valence-corrected chi connectivity index (χ4v) is 2.77. The number of fused-ring (bicyclic) bond motifs is 1. The molecule has 0 unspecified atom stereocenters. The SMILES string of the molecule is O=C(c1ccncc1)N1CCn2nnc(COCC3CC3)c2C1. The van der Waals surface area contributed by atoms with Crippen LogP contribution >= 0.6 is 0 Å². The highest BCUT2D eigenvalue weighted by Crippen LogP contribution is 2.29. The summed E-state index contributed by atoms with van der Waals surface area (Å²) in [4.78, 5) is 18.4. The van der Waals surface area contributed by atoms with Gasteiger partial charge in [-0.3, -0.25) is 9.78 Å². The Bertz CT molecular complexity index is 696. The van der Waals surface area contributed by atoms with Gasteiger partial charge < -0.3 is 9.64 Å². The van der Waals surface area contributed by atoms with Crippen LogP contribution in [0.5, 0.6) is 0 Å². The number of ether oxygens (including phenoxy) is 1. The average molecular weight is 313 g/mol. The van der Waals surface area contributed by atoms with E-state index in [1.807, 2.05) is 9.58 Å². The molecule has 2 aromatic rings. The maximum Gasteiger partial charge on any atom is 0.254 e. The molecule has 120 valence electrons. The van der Waals surface area contributed by atoms with E-state index in [2.05, 4.69) is 15.3 Å². The Morgan fingerprint density at radius 2 is 2.09 bits per heavy atom. The predicted octanol–water partition coefficient (Wildman–Crippen LogP) is 1.26. The smallest absolute Gasteiger partial charge is 0.254 e. The van der Waals surface area contributed by atoms with Crippen LogP contribution in [0.25, 0.3) is 0 Å². The van der Waals surface area contributed by atoms with Gasteiger partial charge in [0, 0.05) is 31.1 Å². The largest absolute Gasteiger partial charge is 0.375 e. The van der Waals surface area contributed by atoms with E-state index < -0.39 is 0 Å². The second-order valence-electron chi connectivity index (χ2n) is 6.13. The summed E-state index contributed by atoms with van der Waals surface area (Å²) < 4.78 is 7.60. The molecule has 7 nitrogen and oxygen atoms in total. The average Bonchev–Trinajstić information content (AvgIpc) is 3.34. The third-order valence-corrected chi connectivity index (χ3v) is 4.34. The molecule has 4 rings (SSSR count).